The number of hydrogen-bond acceptors (Lipinski definition) is 3. The first-order valence-corrected chi connectivity index (χ1v) is 6.12. The second-order valence-corrected chi connectivity index (χ2v) is 5.65. The number of amidine groups is 1. The summed E-state index contributed by atoms with van der Waals surface area (Å²) in [6.07, 6.45) is -0.580. The smallest absolute Gasteiger partial charge is 0.412 e. The van der Waals surface area contributed by atoms with Crippen LogP contribution in [0.5, 0.6) is 0 Å². The van der Waals surface area contributed by atoms with Crippen LogP contribution in [0.1, 0.15) is 26.3 Å². The Morgan fingerprint density at radius 3 is 2.56 bits per heavy atom. The summed E-state index contributed by atoms with van der Waals surface area (Å²) in [5, 5.41) is 10.0. The SMILES string of the molecule is CC(C)(C)OC(=O)Nc1cc(Br)ccc1C(=N)N. The number of carbonyl (C=O) groups is 1. The quantitative estimate of drug-likeness (QED) is 0.579. The van der Waals surface area contributed by atoms with E-state index in [2.05, 4.69) is 21.2 Å². The predicted octanol–water partition coefficient (Wildman–Crippen LogP) is 3.08. The highest BCUT2D eigenvalue weighted by atomic mass is 79.9. The van der Waals surface area contributed by atoms with Gasteiger partial charge in [0.2, 0.25) is 0 Å². The predicted molar refractivity (Wildman–Crippen MR) is 75.0 cm³/mol. The van der Waals surface area contributed by atoms with Gasteiger partial charge in [-0.2, -0.15) is 0 Å². The van der Waals surface area contributed by atoms with Crippen molar-refractivity contribution in [3.05, 3.63) is 28.2 Å². The van der Waals surface area contributed by atoms with Crippen molar-refractivity contribution in [3.8, 4) is 0 Å². The Morgan fingerprint density at radius 1 is 1.44 bits per heavy atom. The fourth-order valence-corrected chi connectivity index (χ4v) is 1.63. The Morgan fingerprint density at radius 2 is 2.06 bits per heavy atom. The zero-order valence-corrected chi connectivity index (χ0v) is 12.1. The summed E-state index contributed by atoms with van der Waals surface area (Å²) in [6, 6.07) is 5.07. The van der Waals surface area contributed by atoms with E-state index in [1.807, 2.05) is 0 Å². The number of nitrogens with two attached hydrogens (primary N) is 1. The number of ether oxygens (including phenoxy) is 1. The van der Waals surface area contributed by atoms with Gasteiger partial charge in [0.05, 0.1) is 5.69 Å². The van der Waals surface area contributed by atoms with E-state index in [0.717, 1.165) is 4.47 Å². The van der Waals surface area contributed by atoms with E-state index >= 15 is 0 Å². The van der Waals surface area contributed by atoms with Crippen molar-refractivity contribution < 1.29 is 9.53 Å². The summed E-state index contributed by atoms with van der Waals surface area (Å²) < 4.78 is 5.92. The van der Waals surface area contributed by atoms with Gasteiger partial charge in [-0.25, -0.2) is 4.79 Å². The number of hydrogen-bond donors (Lipinski definition) is 3. The van der Waals surface area contributed by atoms with E-state index in [-0.39, 0.29) is 5.84 Å². The molecule has 0 bridgehead atoms. The average Bonchev–Trinajstić information content (AvgIpc) is 2.13. The third-order valence-electron chi connectivity index (χ3n) is 1.91. The molecule has 0 saturated heterocycles. The fourth-order valence-electron chi connectivity index (χ4n) is 1.27. The topological polar surface area (TPSA) is 88.2 Å². The zero-order chi connectivity index (χ0) is 13.9. The van der Waals surface area contributed by atoms with Gasteiger partial charge in [0.1, 0.15) is 11.4 Å². The van der Waals surface area contributed by atoms with Crippen molar-refractivity contribution in [2.24, 2.45) is 5.73 Å². The van der Waals surface area contributed by atoms with Crippen LogP contribution in [0.2, 0.25) is 0 Å². The molecule has 0 spiro atoms. The number of nitrogens with one attached hydrogen (secondary N) is 2. The van der Waals surface area contributed by atoms with Crippen LogP contribution >= 0.6 is 15.9 Å². The first kappa shape index (κ1) is 14.5. The molecule has 0 atom stereocenters. The molecule has 5 nitrogen and oxygen atoms in total. The van der Waals surface area contributed by atoms with Crippen LogP contribution in [0, 0.1) is 5.41 Å². The normalized spacial score (nSPS) is 10.9. The lowest BCUT2D eigenvalue weighted by Crippen LogP contribution is -2.28. The molecular formula is C12H16BrN3O2. The van der Waals surface area contributed by atoms with Gasteiger partial charge in [0, 0.05) is 10.0 Å². The summed E-state index contributed by atoms with van der Waals surface area (Å²) in [4.78, 5) is 11.7. The van der Waals surface area contributed by atoms with Gasteiger partial charge in [-0.05, 0) is 39.0 Å². The summed E-state index contributed by atoms with van der Waals surface area (Å²) in [5.41, 5.74) is 5.75. The van der Waals surface area contributed by atoms with Gasteiger partial charge in [-0.1, -0.05) is 15.9 Å². The Balaban J connectivity index is 2.93. The molecule has 0 aliphatic carbocycles. The number of benzene rings is 1. The monoisotopic (exact) mass is 313 g/mol. The van der Waals surface area contributed by atoms with Crippen molar-refractivity contribution in [1.29, 1.82) is 5.41 Å². The minimum absolute atomic E-state index is 0.117. The summed E-state index contributed by atoms with van der Waals surface area (Å²) >= 11 is 3.29. The van der Waals surface area contributed by atoms with Crippen LogP contribution in [0.3, 0.4) is 0 Å². The molecule has 98 valence electrons. The van der Waals surface area contributed by atoms with E-state index in [1.165, 1.54) is 0 Å². The molecule has 1 amide bonds. The molecule has 1 aromatic carbocycles. The lowest BCUT2D eigenvalue weighted by atomic mass is 10.1. The zero-order valence-electron chi connectivity index (χ0n) is 10.5. The second-order valence-electron chi connectivity index (χ2n) is 4.73. The largest absolute Gasteiger partial charge is 0.444 e. The second kappa shape index (κ2) is 5.39. The van der Waals surface area contributed by atoms with Crippen LogP contribution in [-0.2, 0) is 4.74 Å². The molecule has 6 heteroatoms. The van der Waals surface area contributed by atoms with E-state index in [9.17, 15) is 4.79 Å². The highest BCUT2D eigenvalue weighted by Gasteiger charge is 2.17. The number of nitrogen functional groups attached to an aromatic ring is 1. The first-order valence-electron chi connectivity index (χ1n) is 5.33. The van der Waals surface area contributed by atoms with Crippen LogP contribution < -0.4 is 11.1 Å². The van der Waals surface area contributed by atoms with Gasteiger partial charge in [0.15, 0.2) is 0 Å². The van der Waals surface area contributed by atoms with Gasteiger partial charge in [0.25, 0.3) is 0 Å². The molecule has 1 rings (SSSR count). The van der Waals surface area contributed by atoms with Crippen LogP contribution in [0.25, 0.3) is 0 Å². The van der Waals surface area contributed by atoms with Crippen molar-refractivity contribution in [2.45, 2.75) is 26.4 Å². The van der Waals surface area contributed by atoms with Crippen molar-refractivity contribution in [1.82, 2.24) is 0 Å². The molecule has 0 fully saturated rings. The third-order valence-corrected chi connectivity index (χ3v) is 2.40. The number of rotatable bonds is 2. The molecule has 0 aliphatic heterocycles. The fraction of sp³-hybridized carbons (Fsp3) is 0.333. The van der Waals surface area contributed by atoms with Crippen molar-refractivity contribution in [2.75, 3.05) is 5.32 Å². The summed E-state index contributed by atoms with van der Waals surface area (Å²) in [7, 11) is 0. The van der Waals surface area contributed by atoms with Crippen LogP contribution in [0.15, 0.2) is 22.7 Å². The van der Waals surface area contributed by atoms with Crippen LogP contribution in [-0.4, -0.2) is 17.5 Å². The maximum Gasteiger partial charge on any atom is 0.412 e. The van der Waals surface area contributed by atoms with Crippen molar-refractivity contribution in [3.63, 3.8) is 0 Å². The Labute approximate surface area is 114 Å². The Hall–Kier alpha value is -1.56. The molecule has 0 aliphatic rings. The molecular weight excluding hydrogens is 298 g/mol. The minimum atomic E-state index is -0.580. The molecule has 0 aromatic heterocycles. The average molecular weight is 314 g/mol. The van der Waals surface area contributed by atoms with E-state index in [1.54, 1.807) is 39.0 Å². The van der Waals surface area contributed by atoms with Gasteiger partial charge >= 0.3 is 6.09 Å². The van der Waals surface area contributed by atoms with E-state index in [0.29, 0.717) is 11.3 Å². The highest BCUT2D eigenvalue weighted by Crippen LogP contribution is 2.22. The molecule has 1 aromatic rings. The van der Waals surface area contributed by atoms with Gasteiger partial charge in [-0.3, -0.25) is 10.7 Å². The standard InChI is InChI=1S/C12H16BrN3O2/c1-12(2,3)18-11(17)16-9-6-7(13)4-5-8(9)10(14)15/h4-6H,1-3H3,(H3,14,15)(H,16,17). The minimum Gasteiger partial charge on any atom is -0.444 e. The molecule has 18 heavy (non-hydrogen) atoms. The third kappa shape index (κ3) is 4.37. The molecule has 0 heterocycles. The lowest BCUT2D eigenvalue weighted by molar-refractivity contribution is 0.0636. The van der Waals surface area contributed by atoms with Crippen molar-refractivity contribution >= 4 is 33.5 Å². The van der Waals surface area contributed by atoms with Gasteiger partial charge in [-0.15, -0.1) is 0 Å². The maximum atomic E-state index is 11.7. The van der Waals surface area contributed by atoms with Crippen LogP contribution in [0.4, 0.5) is 10.5 Å². The number of anilines is 1. The van der Waals surface area contributed by atoms with E-state index in [4.69, 9.17) is 15.9 Å². The first-order chi connectivity index (χ1) is 8.19. The Kier molecular flexibility index (Phi) is 4.34. The molecule has 0 saturated carbocycles. The maximum absolute atomic E-state index is 11.7. The highest BCUT2D eigenvalue weighted by molar-refractivity contribution is 9.10. The van der Waals surface area contributed by atoms with Gasteiger partial charge < -0.3 is 10.5 Å². The number of halogens is 1. The summed E-state index contributed by atoms with van der Waals surface area (Å²) in [6.45, 7) is 5.33. The molecule has 0 radical (unpaired) electrons. The Bertz CT molecular complexity index is 481. The number of amides is 1. The summed E-state index contributed by atoms with van der Waals surface area (Å²) in [5.74, 6) is -0.117. The molecule has 0 unspecified atom stereocenters. The molecule has 4 N–H and O–H groups in total. The van der Waals surface area contributed by atoms with E-state index < -0.39 is 11.7 Å². The lowest BCUT2D eigenvalue weighted by Gasteiger charge is -2.20. The number of carbonyl (C=O) groups excluding carboxylic acids is 1.